The third-order valence-corrected chi connectivity index (χ3v) is 3.89. The fourth-order valence-electron chi connectivity index (χ4n) is 2.70. The number of ether oxygens (including phenoxy) is 1. The van der Waals surface area contributed by atoms with E-state index in [0.717, 1.165) is 6.07 Å². The van der Waals surface area contributed by atoms with Gasteiger partial charge in [-0.25, -0.2) is 4.79 Å². The molecule has 6 heteroatoms. The van der Waals surface area contributed by atoms with Gasteiger partial charge in [-0.3, -0.25) is 9.59 Å². The smallest absolute Gasteiger partial charge is 0.338 e. The molecule has 0 atom stereocenters. The fourth-order valence-corrected chi connectivity index (χ4v) is 2.70. The third-order valence-electron chi connectivity index (χ3n) is 3.89. The van der Waals surface area contributed by atoms with E-state index in [9.17, 15) is 24.6 Å². The van der Waals surface area contributed by atoms with Crippen molar-refractivity contribution in [3.8, 4) is 11.5 Å². The van der Waals surface area contributed by atoms with Crippen LogP contribution in [0.3, 0.4) is 0 Å². The Morgan fingerprint density at radius 1 is 1.04 bits per heavy atom. The normalized spacial score (nSPS) is 12.8. The second-order valence-corrected chi connectivity index (χ2v) is 5.44. The maximum absolute atomic E-state index is 12.7. The van der Waals surface area contributed by atoms with E-state index in [1.807, 2.05) is 0 Å². The summed E-state index contributed by atoms with van der Waals surface area (Å²) >= 11 is 0. The molecular formula is C19H14O6. The molecule has 0 radical (unpaired) electrons. The van der Waals surface area contributed by atoms with Crippen molar-refractivity contribution < 1.29 is 29.3 Å². The summed E-state index contributed by atoms with van der Waals surface area (Å²) in [6.07, 6.45) is 3.34. The molecule has 0 saturated carbocycles. The number of aromatic hydroxyl groups is 2. The average molecular weight is 338 g/mol. The summed E-state index contributed by atoms with van der Waals surface area (Å²) < 4.78 is 4.99. The van der Waals surface area contributed by atoms with E-state index in [-0.39, 0.29) is 40.2 Å². The molecule has 2 aromatic carbocycles. The van der Waals surface area contributed by atoms with Gasteiger partial charge < -0.3 is 14.9 Å². The zero-order valence-electron chi connectivity index (χ0n) is 13.3. The summed E-state index contributed by atoms with van der Waals surface area (Å²) in [5, 5.41) is 20.1. The van der Waals surface area contributed by atoms with Crippen LogP contribution in [-0.4, -0.2) is 34.4 Å². The molecule has 6 nitrogen and oxygen atoms in total. The molecule has 0 aliphatic heterocycles. The van der Waals surface area contributed by atoms with Gasteiger partial charge in [-0.15, -0.1) is 0 Å². The third kappa shape index (κ3) is 2.67. The molecule has 2 aromatic rings. The first kappa shape index (κ1) is 16.4. The van der Waals surface area contributed by atoms with Crippen LogP contribution < -0.4 is 0 Å². The fraction of sp³-hybridized carbons (Fsp3) is 0.105. The first-order valence-corrected chi connectivity index (χ1v) is 7.52. The van der Waals surface area contributed by atoms with Crippen molar-refractivity contribution >= 4 is 17.5 Å². The Morgan fingerprint density at radius 2 is 1.76 bits per heavy atom. The number of phenolic OH excluding ortho intramolecular Hbond substituents is 2. The number of rotatable bonds is 3. The molecule has 1 aliphatic rings. The molecule has 0 fully saturated rings. The van der Waals surface area contributed by atoms with Crippen LogP contribution in [0.1, 0.15) is 49.1 Å². The summed E-state index contributed by atoms with van der Waals surface area (Å²) in [4.78, 5) is 37.3. The maximum atomic E-state index is 12.7. The molecule has 126 valence electrons. The summed E-state index contributed by atoms with van der Waals surface area (Å²) in [5.41, 5.74) is -0.495. The zero-order valence-corrected chi connectivity index (χ0v) is 13.3. The standard InChI is InChI=1S/C19H14O6/c1-2-3-7-25-19(24)10-8-12-16(14(21)9-10)18(23)15-11(17(12)22)5-4-6-13(15)20/h2-6,8-9,20-21H,7H2,1H3. The minimum atomic E-state index is -0.724. The van der Waals surface area contributed by atoms with Crippen LogP contribution in [-0.2, 0) is 4.74 Å². The summed E-state index contributed by atoms with van der Waals surface area (Å²) in [7, 11) is 0. The Bertz CT molecular complexity index is 939. The highest BCUT2D eigenvalue weighted by Gasteiger charge is 2.35. The number of esters is 1. The van der Waals surface area contributed by atoms with Crippen LogP contribution in [0.25, 0.3) is 0 Å². The molecule has 0 heterocycles. The first-order valence-electron chi connectivity index (χ1n) is 7.52. The Morgan fingerprint density at radius 3 is 2.48 bits per heavy atom. The quantitative estimate of drug-likeness (QED) is 0.562. The van der Waals surface area contributed by atoms with Crippen molar-refractivity contribution in [3.05, 3.63) is 70.3 Å². The van der Waals surface area contributed by atoms with Crippen molar-refractivity contribution in [1.82, 2.24) is 0 Å². The number of phenols is 2. The van der Waals surface area contributed by atoms with E-state index >= 15 is 0 Å². The van der Waals surface area contributed by atoms with E-state index < -0.39 is 23.3 Å². The van der Waals surface area contributed by atoms with Crippen LogP contribution in [0.2, 0.25) is 0 Å². The highest BCUT2D eigenvalue weighted by molar-refractivity contribution is 6.30. The molecule has 0 aromatic heterocycles. The van der Waals surface area contributed by atoms with E-state index in [1.165, 1.54) is 24.3 Å². The minimum absolute atomic E-state index is 0.0244. The Labute approximate surface area is 143 Å². The van der Waals surface area contributed by atoms with Gasteiger partial charge >= 0.3 is 5.97 Å². The van der Waals surface area contributed by atoms with Gasteiger partial charge in [0.15, 0.2) is 5.78 Å². The van der Waals surface area contributed by atoms with Crippen molar-refractivity contribution in [1.29, 1.82) is 0 Å². The highest BCUT2D eigenvalue weighted by Crippen LogP contribution is 2.37. The molecule has 0 saturated heterocycles. The predicted octanol–water partition coefficient (Wildman–Crippen LogP) is 2.61. The second-order valence-electron chi connectivity index (χ2n) is 5.44. The van der Waals surface area contributed by atoms with Gasteiger partial charge in [-0.2, -0.15) is 0 Å². The van der Waals surface area contributed by atoms with Crippen molar-refractivity contribution in [2.45, 2.75) is 6.92 Å². The van der Waals surface area contributed by atoms with Crippen LogP contribution in [0.5, 0.6) is 11.5 Å². The highest BCUT2D eigenvalue weighted by atomic mass is 16.5. The molecule has 3 rings (SSSR count). The van der Waals surface area contributed by atoms with E-state index in [2.05, 4.69) is 0 Å². The number of fused-ring (bicyclic) bond motifs is 2. The van der Waals surface area contributed by atoms with E-state index in [1.54, 1.807) is 19.1 Å². The van der Waals surface area contributed by atoms with E-state index in [0.29, 0.717) is 0 Å². The summed E-state index contributed by atoms with van der Waals surface area (Å²) in [6.45, 7) is 1.83. The molecule has 0 bridgehead atoms. The van der Waals surface area contributed by atoms with Crippen LogP contribution in [0, 0.1) is 0 Å². The molecule has 0 unspecified atom stereocenters. The van der Waals surface area contributed by atoms with Gasteiger partial charge in [0.25, 0.3) is 0 Å². The summed E-state index contributed by atoms with van der Waals surface area (Å²) in [5.74, 6) is -2.80. The Kier molecular flexibility index (Phi) is 4.10. The van der Waals surface area contributed by atoms with Gasteiger partial charge in [-0.05, 0) is 25.1 Å². The predicted molar refractivity (Wildman–Crippen MR) is 88.2 cm³/mol. The van der Waals surface area contributed by atoms with Gasteiger partial charge in [0.05, 0.1) is 16.7 Å². The van der Waals surface area contributed by atoms with Crippen molar-refractivity contribution in [3.63, 3.8) is 0 Å². The van der Waals surface area contributed by atoms with Gasteiger partial charge in [0, 0.05) is 11.1 Å². The van der Waals surface area contributed by atoms with Gasteiger partial charge in [0.1, 0.15) is 18.1 Å². The van der Waals surface area contributed by atoms with Gasteiger partial charge in [-0.1, -0.05) is 24.3 Å². The number of allylic oxidation sites excluding steroid dienone is 1. The lowest BCUT2D eigenvalue weighted by molar-refractivity contribution is 0.0548. The molecule has 2 N–H and O–H groups in total. The van der Waals surface area contributed by atoms with Crippen LogP contribution in [0.15, 0.2) is 42.5 Å². The largest absolute Gasteiger partial charge is 0.507 e. The van der Waals surface area contributed by atoms with Crippen LogP contribution >= 0.6 is 0 Å². The lowest BCUT2D eigenvalue weighted by atomic mass is 9.82. The maximum Gasteiger partial charge on any atom is 0.338 e. The zero-order chi connectivity index (χ0) is 18.1. The monoisotopic (exact) mass is 338 g/mol. The van der Waals surface area contributed by atoms with Crippen LogP contribution in [0.4, 0.5) is 0 Å². The SMILES string of the molecule is CC=CCOC(=O)c1cc(O)c2c(c1)C(=O)c1cccc(O)c1C2=O. The molecule has 0 amide bonds. The number of hydrogen-bond acceptors (Lipinski definition) is 6. The number of benzene rings is 2. The first-order chi connectivity index (χ1) is 12.0. The minimum Gasteiger partial charge on any atom is -0.507 e. The van der Waals surface area contributed by atoms with Crippen molar-refractivity contribution in [2.24, 2.45) is 0 Å². The second kappa shape index (κ2) is 6.24. The molecule has 25 heavy (non-hydrogen) atoms. The molecular weight excluding hydrogens is 324 g/mol. The topological polar surface area (TPSA) is 101 Å². The Balaban J connectivity index is 2.10. The molecule has 0 spiro atoms. The molecule has 1 aliphatic carbocycles. The lowest BCUT2D eigenvalue weighted by Gasteiger charge is -2.19. The summed E-state index contributed by atoms with van der Waals surface area (Å²) in [6, 6.07) is 6.44. The number of hydrogen-bond donors (Lipinski definition) is 2. The number of ketones is 2. The average Bonchev–Trinajstić information content (AvgIpc) is 2.59. The van der Waals surface area contributed by atoms with Crippen molar-refractivity contribution in [2.75, 3.05) is 6.61 Å². The van der Waals surface area contributed by atoms with E-state index in [4.69, 9.17) is 4.74 Å². The lowest BCUT2D eigenvalue weighted by Crippen LogP contribution is -2.22. The Hall–Kier alpha value is -3.41. The van der Waals surface area contributed by atoms with Gasteiger partial charge in [0.2, 0.25) is 5.78 Å². The number of carbonyl (C=O) groups is 3. The number of carbonyl (C=O) groups excluding carboxylic acids is 3.